The Morgan fingerprint density at radius 2 is 0.873 bits per heavy atom. The SMILES string of the molecule is C=Cc1ccc2c3ccc(-n4c5cccc(-c6nc(-c7ccccc7)nc(-c7ccccc7)n6)c5c5cc(-c6ccccc6)cc(-c6ccccc6)c54)cc3c3ccccc3c2c1. The Bertz CT molecular complexity index is 3650. The van der Waals surface area contributed by atoms with E-state index in [1.807, 2.05) is 42.5 Å². The van der Waals surface area contributed by atoms with Crippen LogP contribution in [0.3, 0.4) is 0 Å². The minimum atomic E-state index is 0.619. The molecule has 0 aliphatic heterocycles. The fourth-order valence-electron chi connectivity index (χ4n) is 9.44. The molecule has 4 heteroatoms. The number of benzene rings is 10. The maximum Gasteiger partial charge on any atom is 0.164 e. The van der Waals surface area contributed by atoms with Crippen LogP contribution < -0.4 is 0 Å². The second kappa shape index (κ2) is 14.9. The number of fused-ring (bicyclic) bond motifs is 9. The maximum atomic E-state index is 5.28. The van der Waals surface area contributed by atoms with Gasteiger partial charge in [0.25, 0.3) is 0 Å². The first-order valence-electron chi connectivity index (χ1n) is 21.3. The van der Waals surface area contributed by atoms with E-state index in [1.165, 1.54) is 32.3 Å². The zero-order chi connectivity index (χ0) is 41.9. The lowest BCUT2D eigenvalue weighted by molar-refractivity contribution is 1.08. The highest BCUT2D eigenvalue weighted by Gasteiger charge is 2.24. The molecule has 0 radical (unpaired) electrons. The van der Waals surface area contributed by atoms with E-state index < -0.39 is 0 Å². The Morgan fingerprint density at radius 3 is 1.49 bits per heavy atom. The predicted molar refractivity (Wildman–Crippen MR) is 264 cm³/mol. The normalized spacial score (nSPS) is 11.6. The average molecular weight is 803 g/mol. The van der Waals surface area contributed by atoms with E-state index in [1.54, 1.807) is 0 Å². The smallest absolute Gasteiger partial charge is 0.164 e. The van der Waals surface area contributed by atoms with E-state index in [4.69, 9.17) is 15.0 Å². The molecule has 0 unspecified atom stereocenters. The molecule has 0 N–H and O–H groups in total. The van der Waals surface area contributed by atoms with E-state index in [9.17, 15) is 0 Å². The van der Waals surface area contributed by atoms with Crippen LogP contribution in [0.5, 0.6) is 0 Å². The summed E-state index contributed by atoms with van der Waals surface area (Å²) in [7, 11) is 0. The zero-order valence-corrected chi connectivity index (χ0v) is 34.3. The molecule has 4 nitrogen and oxygen atoms in total. The molecule has 0 fully saturated rings. The van der Waals surface area contributed by atoms with Gasteiger partial charge in [0.15, 0.2) is 17.5 Å². The van der Waals surface area contributed by atoms with Gasteiger partial charge in [0.2, 0.25) is 0 Å². The molecule has 63 heavy (non-hydrogen) atoms. The molecule has 0 saturated heterocycles. The predicted octanol–water partition coefficient (Wildman–Crippen LogP) is 15.4. The fourth-order valence-corrected chi connectivity index (χ4v) is 9.44. The monoisotopic (exact) mass is 802 g/mol. The van der Waals surface area contributed by atoms with E-state index in [0.29, 0.717) is 17.5 Å². The minimum absolute atomic E-state index is 0.619. The summed E-state index contributed by atoms with van der Waals surface area (Å²) in [4.78, 5) is 15.6. The zero-order valence-electron chi connectivity index (χ0n) is 34.3. The van der Waals surface area contributed by atoms with Gasteiger partial charge in [-0.3, -0.25) is 0 Å². The fraction of sp³-hybridized carbons (Fsp3) is 0. The molecule has 0 aliphatic carbocycles. The molecule has 2 aromatic heterocycles. The van der Waals surface area contributed by atoms with Gasteiger partial charge in [-0.2, -0.15) is 0 Å². The van der Waals surface area contributed by atoms with Crippen molar-refractivity contribution in [2.24, 2.45) is 0 Å². The van der Waals surface area contributed by atoms with Crippen LogP contribution in [-0.4, -0.2) is 19.5 Å². The van der Waals surface area contributed by atoms with Crippen LogP contribution in [0.15, 0.2) is 219 Å². The first kappa shape index (κ1) is 36.4. The molecule has 0 bridgehead atoms. The van der Waals surface area contributed by atoms with Crippen LogP contribution in [0.1, 0.15) is 5.56 Å². The lowest BCUT2D eigenvalue weighted by Crippen LogP contribution is -2.00. The Hall–Kier alpha value is -8.47. The van der Waals surface area contributed by atoms with Gasteiger partial charge in [0, 0.05) is 38.7 Å². The van der Waals surface area contributed by atoms with Gasteiger partial charge in [-0.25, -0.2) is 15.0 Å². The lowest BCUT2D eigenvalue weighted by atomic mass is 9.93. The molecule has 0 aliphatic rings. The molecule has 0 spiro atoms. The van der Waals surface area contributed by atoms with Gasteiger partial charge in [0.05, 0.1) is 11.0 Å². The largest absolute Gasteiger partial charge is 0.309 e. The highest BCUT2D eigenvalue weighted by Crippen LogP contribution is 2.45. The molecule has 0 atom stereocenters. The Balaban J connectivity index is 1.22. The number of hydrogen-bond acceptors (Lipinski definition) is 3. The van der Waals surface area contributed by atoms with Crippen LogP contribution in [0.2, 0.25) is 0 Å². The third-order valence-electron chi connectivity index (χ3n) is 12.4. The summed E-state index contributed by atoms with van der Waals surface area (Å²) in [5.74, 6) is 1.88. The molecule has 2 heterocycles. The summed E-state index contributed by atoms with van der Waals surface area (Å²) in [6.45, 7) is 4.07. The maximum absolute atomic E-state index is 5.28. The van der Waals surface area contributed by atoms with Gasteiger partial charge < -0.3 is 4.57 Å². The second-order valence-corrected chi connectivity index (χ2v) is 16.0. The van der Waals surface area contributed by atoms with Crippen molar-refractivity contribution in [2.75, 3.05) is 0 Å². The molecule has 0 amide bonds. The lowest BCUT2D eigenvalue weighted by Gasteiger charge is -2.16. The number of hydrogen-bond donors (Lipinski definition) is 0. The van der Waals surface area contributed by atoms with E-state index in [2.05, 4.69) is 187 Å². The van der Waals surface area contributed by atoms with Gasteiger partial charge in [-0.15, -0.1) is 0 Å². The third-order valence-corrected chi connectivity index (χ3v) is 12.4. The highest BCUT2D eigenvalue weighted by molar-refractivity contribution is 6.26. The van der Waals surface area contributed by atoms with Crippen molar-refractivity contribution in [1.82, 2.24) is 19.5 Å². The van der Waals surface area contributed by atoms with Crippen LogP contribution in [-0.2, 0) is 0 Å². The molecule has 294 valence electrons. The van der Waals surface area contributed by atoms with Crippen molar-refractivity contribution < 1.29 is 0 Å². The first-order valence-corrected chi connectivity index (χ1v) is 21.3. The molecular formula is C59H38N4. The topological polar surface area (TPSA) is 43.6 Å². The van der Waals surface area contributed by atoms with Crippen molar-refractivity contribution >= 4 is 60.2 Å². The molecule has 12 aromatic rings. The molecular weight excluding hydrogens is 765 g/mol. The number of aromatic nitrogens is 4. The Labute approximate surface area is 364 Å². The summed E-state index contributed by atoms with van der Waals surface area (Å²) < 4.78 is 2.46. The van der Waals surface area contributed by atoms with E-state index in [0.717, 1.165) is 72.0 Å². The van der Waals surface area contributed by atoms with E-state index in [-0.39, 0.29) is 0 Å². The van der Waals surface area contributed by atoms with Crippen molar-refractivity contribution in [3.05, 3.63) is 224 Å². The average Bonchev–Trinajstić information content (AvgIpc) is 3.71. The van der Waals surface area contributed by atoms with Crippen LogP contribution >= 0.6 is 0 Å². The van der Waals surface area contributed by atoms with Crippen LogP contribution in [0, 0.1) is 0 Å². The Morgan fingerprint density at radius 1 is 0.349 bits per heavy atom. The van der Waals surface area contributed by atoms with Gasteiger partial charge in [0.1, 0.15) is 0 Å². The highest BCUT2D eigenvalue weighted by atomic mass is 15.0. The van der Waals surface area contributed by atoms with E-state index >= 15 is 0 Å². The quantitative estimate of drug-likeness (QED) is 0.151. The summed E-state index contributed by atoms with van der Waals surface area (Å²) in [5.41, 5.74) is 11.7. The standard InChI is InChI=1S/C59H38N4/c1-2-38-30-32-47-48-33-31-44(37-52(48)46-27-16-15-26-45(46)51(47)34-38)63-54-29-17-28-49(59-61-57(41-22-11-5-12-23-41)60-58(62-59)42-24-13-6-14-25-42)55(54)53-36-43(39-18-7-3-8-19-39)35-50(56(53)63)40-20-9-4-10-21-40/h2-37H,1H2. The van der Waals surface area contributed by atoms with Crippen molar-refractivity contribution in [2.45, 2.75) is 0 Å². The van der Waals surface area contributed by atoms with Crippen LogP contribution in [0.4, 0.5) is 0 Å². The number of nitrogens with zero attached hydrogens (tertiary/aromatic N) is 4. The van der Waals surface area contributed by atoms with Gasteiger partial charge >= 0.3 is 0 Å². The summed E-state index contributed by atoms with van der Waals surface area (Å²) in [6.07, 6.45) is 1.92. The Kier molecular flexibility index (Phi) is 8.61. The van der Waals surface area contributed by atoms with Gasteiger partial charge in [-0.05, 0) is 91.0 Å². The first-order chi connectivity index (χ1) is 31.2. The molecule has 10 aromatic carbocycles. The minimum Gasteiger partial charge on any atom is -0.309 e. The second-order valence-electron chi connectivity index (χ2n) is 16.0. The van der Waals surface area contributed by atoms with Crippen molar-refractivity contribution in [3.63, 3.8) is 0 Å². The summed E-state index contributed by atoms with van der Waals surface area (Å²) >= 11 is 0. The summed E-state index contributed by atoms with van der Waals surface area (Å²) in [5, 5.41) is 9.50. The van der Waals surface area contributed by atoms with Gasteiger partial charge in [-0.1, -0.05) is 189 Å². The molecule has 12 rings (SSSR count). The number of rotatable bonds is 7. The third kappa shape index (κ3) is 6.11. The van der Waals surface area contributed by atoms with Crippen LogP contribution in [0.25, 0.3) is 122 Å². The van der Waals surface area contributed by atoms with Crippen molar-refractivity contribution in [3.8, 4) is 62.1 Å². The van der Waals surface area contributed by atoms with Crippen molar-refractivity contribution in [1.29, 1.82) is 0 Å². The molecule has 0 saturated carbocycles. The summed E-state index contributed by atoms with van der Waals surface area (Å²) in [6, 6.07) is 75.5.